The zero-order chi connectivity index (χ0) is 31.0. The lowest BCUT2D eigenvalue weighted by Gasteiger charge is -2.43. The molecule has 3 heterocycles. The first-order valence-corrected chi connectivity index (χ1v) is 19.1. The number of ether oxygens (including phenoxy) is 1. The smallest absolute Gasteiger partial charge is 0.229 e. The van der Waals surface area contributed by atoms with Gasteiger partial charge in [-0.15, -0.1) is 0 Å². The van der Waals surface area contributed by atoms with Gasteiger partial charge in [-0.1, -0.05) is 6.07 Å². The van der Waals surface area contributed by atoms with E-state index in [4.69, 9.17) is 9.72 Å². The van der Waals surface area contributed by atoms with Crippen molar-refractivity contribution in [2.75, 3.05) is 82.3 Å². The van der Waals surface area contributed by atoms with Crippen LogP contribution in [0.15, 0.2) is 41.0 Å². The summed E-state index contributed by atoms with van der Waals surface area (Å²) in [5, 5.41) is 7.66. The summed E-state index contributed by atoms with van der Waals surface area (Å²) in [4.78, 5) is 16.9. The summed E-state index contributed by atoms with van der Waals surface area (Å²) in [6, 6.07) is 11.2. The molecular weight excluding hydrogens is 637 g/mol. The minimum absolute atomic E-state index is 0.446. The lowest BCUT2D eigenvalue weighted by molar-refractivity contribution is 0.0982. The number of nitrogens with zero attached hydrogens (tertiary/aromatic N) is 5. The molecule has 0 bridgehead atoms. The van der Waals surface area contributed by atoms with Gasteiger partial charge in [-0.05, 0) is 104 Å². The Morgan fingerprint density at radius 1 is 0.955 bits per heavy atom. The van der Waals surface area contributed by atoms with Crippen LogP contribution >= 0.6 is 23.1 Å². The molecule has 0 amide bonds. The lowest BCUT2D eigenvalue weighted by atomic mass is 10.0. The lowest BCUT2D eigenvalue weighted by Crippen LogP contribution is -2.52. The first-order chi connectivity index (χ1) is 21.1. The summed E-state index contributed by atoms with van der Waals surface area (Å²) in [6.07, 6.45) is 6.51. The fourth-order valence-electron chi connectivity index (χ4n) is 6.48. The maximum Gasteiger partial charge on any atom is 0.229 e. The first-order valence-electron chi connectivity index (χ1n) is 15.7. The van der Waals surface area contributed by atoms with Crippen LogP contribution < -0.4 is 25.6 Å². The second-order valence-electron chi connectivity index (χ2n) is 12.9. The number of hydrogen-bond donors (Lipinski definition) is 2. The number of nitrogens with one attached hydrogen (secondary N) is 2. The Balaban J connectivity index is 1.17. The zero-order valence-corrected chi connectivity index (χ0v) is 29.0. The summed E-state index contributed by atoms with van der Waals surface area (Å²) in [7, 11) is 1.40. The van der Waals surface area contributed by atoms with Crippen molar-refractivity contribution in [1.82, 2.24) is 19.8 Å². The van der Waals surface area contributed by atoms with E-state index in [1.807, 2.05) is 19.4 Å². The minimum Gasteiger partial charge on any atom is -0.494 e. The third-order valence-corrected chi connectivity index (χ3v) is 11.4. The van der Waals surface area contributed by atoms with E-state index >= 15 is 0 Å². The van der Waals surface area contributed by atoms with E-state index < -0.39 is 7.14 Å². The van der Waals surface area contributed by atoms with Gasteiger partial charge in [0, 0.05) is 68.6 Å². The molecule has 2 N–H and O–H groups in total. The molecule has 0 unspecified atom stereocenters. The van der Waals surface area contributed by atoms with Crippen LogP contribution in [0.25, 0.3) is 0 Å². The average Bonchev–Trinajstić information content (AvgIpc) is 3.85. The number of piperidine rings is 1. The van der Waals surface area contributed by atoms with Crippen molar-refractivity contribution < 1.29 is 9.30 Å². The maximum absolute atomic E-state index is 13.2. The van der Waals surface area contributed by atoms with Crippen molar-refractivity contribution in [1.29, 1.82) is 0 Å². The van der Waals surface area contributed by atoms with Crippen LogP contribution in [0.1, 0.15) is 42.7 Å². The third-order valence-electron chi connectivity index (χ3n) is 9.27. The summed E-state index contributed by atoms with van der Waals surface area (Å²) in [5.74, 6) is 2.40. The van der Waals surface area contributed by atoms with Crippen molar-refractivity contribution in [3.05, 3.63) is 52.1 Å². The van der Waals surface area contributed by atoms with Crippen LogP contribution in [0.4, 0.5) is 28.8 Å². The molecule has 2 saturated heterocycles. The highest BCUT2D eigenvalue weighted by Crippen LogP contribution is 2.44. The van der Waals surface area contributed by atoms with Gasteiger partial charge in [0.1, 0.15) is 18.7 Å². The number of rotatable bonds is 9. The number of methoxy groups -OCH3 is 1. The number of halogens is 1. The van der Waals surface area contributed by atoms with E-state index in [1.54, 1.807) is 13.3 Å². The highest BCUT2D eigenvalue weighted by molar-refractivity contribution is 9.10. The Kier molecular flexibility index (Phi) is 9.25. The summed E-state index contributed by atoms with van der Waals surface area (Å²) < 4.78 is 19.8. The predicted molar refractivity (Wildman–Crippen MR) is 186 cm³/mol. The summed E-state index contributed by atoms with van der Waals surface area (Å²) in [5.41, 5.74) is 5.29. The van der Waals surface area contributed by atoms with Crippen molar-refractivity contribution in [3.8, 4) is 5.75 Å². The number of aromatic nitrogens is 2. The van der Waals surface area contributed by atoms with Gasteiger partial charge >= 0.3 is 0 Å². The fraction of sp³-hybridized carbons (Fsp3) is 0.515. The molecule has 6 rings (SSSR count). The van der Waals surface area contributed by atoms with Crippen LogP contribution in [0.3, 0.4) is 0 Å². The van der Waals surface area contributed by atoms with E-state index in [-0.39, 0.29) is 0 Å². The van der Waals surface area contributed by atoms with Gasteiger partial charge in [0.05, 0.1) is 23.0 Å². The number of anilines is 5. The van der Waals surface area contributed by atoms with Crippen molar-refractivity contribution >= 4 is 57.2 Å². The van der Waals surface area contributed by atoms with E-state index in [0.717, 1.165) is 40.0 Å². The van der Waals surface area contributed by atoms with Crippen molar-refractivity contribution in [3.63, 3.8) is 0 Å². The highest BCUT2D eigenvalue weighted by Gasteiger charge is 2.29. The molecule has 1 saturated carbocycles. The van der Waals surface area contributed by atoms with Crippen LogP contribution in [0.2, 0.25) is 0 Å². The number of likely N-dealkylation sites (N-methyl/N-ethyl adjacent to an activating group) is 1. The zero-order valence-electron chi connectivity index (χ0n) is 26.6. The number of hydrogen-bond acceptors (Lipinski definition) is 9. The Hall–Kier alpha value is -2.65. The van der Waals surface area contributed by atoms with E-state index in [2.05, 4.69) is 84.5 Å². The monoisotopic (exact) mass is 681 g/mol. The fourth-order valence-corrected chi connectivity index (χ4v) is 7.94. The van der Waals surface area contributed by atoms with Gasteiger partial charge in [0.15, 0.2) is 0 Å². The molecular formula is C33H45BrN7O2P. The minimum atomic E-state index is -2.52. The molecule has 1 aliphatic carbocycles. The normalized spacial score (nSPS) is 18.8. The Morgan fingerprint density at radius 3 is 2.34 bits per heavy atom. The molecule has 236 valence electrons. The number of benzene rings is 2. The standard InChI is InChI=1S/C33H45BrN7O2P/c1-22-18-28(30(43-3)20-29(22)41-12-10-25(11-13-41)40-16-14-39(2)15-17-40)37-33-35-21-26(34)32(38-33)36-27-9-8-24(23-6-7-23)19-31(27)44(4,5)42/h8-9,18-21,23,25H,6-7,10-17H2,1-5H3,(H2,35,36,37,38). The average molecular weight is 683 g/mol. The van der Waals surface area contributed by atoms with Gasteiger partial charge in [-0.2, -0.15) is 4.98 Å². The van der Waals surface area contributed by atoms with Crippen LogP contribution in [0.5, 0.6) is 5.75 Å². The SMILES string of the molecule is COc1cc(N2CCC(N3CCN(C)CC3)CC2)c(C)cc1Nc1ncc(Br)c(Nc2ccc(C3CC3)cc2P(C)(C)=O)n1. The topological polar surface area (TPSA) is 85.9 Å². The molecule has 3 aromatic rings. The molecule has 0 spiro atoms. The van der Waals surface area contributed by atoms with Crippen molar-refractivity contribution in [2.45, 2.75) is 44.6 Å². The predicted octanol–water partition coefficient (Wildman–Crippen LogP) is 6.38. The summed E-state index contributed by atoms with van der Waals surface area (Å²) in [6.45, 7) is 12.6. The van der Waals surface area contributed by atoms with Gasteiger partial charge in [-0.25, -0.2) is 4.98 Å². The van der Waals surface area contributed by atoms with Crippen LogP contribution in [-0.2, 0) is 4.57 Å². The van der Waals surface area contributed by atoms with Crippen LogP contribution in [0, 0.1) is 6.92 Å². The molecule has 1 aromatic heterocycles. The second kappa shape index (κ2) is 13.0. The third kappa shape index (κ3) is 7.09. The molecule has 11 heteroatoms. The second-order valence-corrected chi connectivity index (χ2v) is 17.0. The molecule has 44 heavy (non-hydrogen) atoms. The maximum atomic E-state index is 13.2. The van der Waals surface area contributed by atoms with E-state index in [0.29, 0.717) is 23.7 Å². The Bertz CT molecular complexity index is 1540. The van der Waals surface area contributed by atoms with Gasteiger partial charge in [0.2, 0.25) is 5.95 Å². The van der Waals surface area contributed by atoms with Gasteiger partial charge in [0.25, 0.3) is 0 Å². The van der Waals surface area contributed by atoms with Crippen molar-refractivity contribution in [2.24, 2.45) is 0 Å². The Morgan fingerprint density at radius 2 is 1.68 bits per heavy atom. The molecule has 9 nitrogen and oxygen atoms in total. The van der Waals surface area contributed by atoms with E-state index in [9.17, 15) is 4.57 Å². The summed E-state index contributed by atoms with van der Waals surface area (Å²) >= 11 is 3.60. The molecule has 3 aliphatic rings. The number of aryl methyl sites for hydroxylation is 1. The van der Waals surface area contributed by atoms with Gasteiger partial charge < -0.3 is 29.7 Å². The molecule has 0 radical (unpaired) electrons. The molecule has 0 atom stereocenters. The Labute approximate surface area is 270 Å². The quantitative estimate of drug-likeness (QED) is 0.250. The number of piperazine rings is 1. The van der Waals surface area contributed by atoms with Crippen LogP contribution in [-0.4, -0.2) is 92.6 Å². The molecule has 2 aliphatic heterocycles. The van der Waals surface area contributed by atoms with E-state index in [1.165, 1.54) is 68.7 Å². The molecule has 3 fully saturated rings. The molecule has 2 aromatic carbocycles. The largest absolute Gasteiger partial charge is 0.494 e. The van der Waals surface area contributed by atoms with Gasteiger partial charge in [-0.3, -0.25) is 4.90 Å². The first kappa shape index (κ1) is 31.3. The highest BCUT2D eigenvalue weighted by atomic mass is 79.9.